The fourth-order valence-electron chi connectivity index (χ4n) is 7.42. The number of allylic oxidation sites excluding steroid dienone is 4. The number of nitro groups is 1. The van der Waals surface area contributed by atoms with Gasteiger partial charge in [0.1, 0.15) is 11.9 Å². The molecule has 4 aliphatic carbocycles. The number of benzene rings is 1. The van der Waals surface area contributed by atoms with Crippen LogP contribution < -0.4 is 4.74 Å². The number of non-ortho nitro benzene ring substituents is 1. The molecular formula is C32H41N3O9. The van der Waals surface area contributed by atoms with E-state index in [1.807, 2.05) is 0 Å². The second-order valence-corrected chi connectivity index (χ2v) is 12.5. The molecule has 2 N–H and O–H groups in total. The summed E-state index contributed by atoms with van der Waals surface area (Å²) in [4.78, 5) is 50.5. The normalized spacial score (nSPS) is 27.5. The van der Waals surface area contributed by atoms with E-state index in [0.29, 0.717) is 23.7 Å². The van der Waals surface area contributed by atoms with Crippen LogP contribution in [0.5, 0.6) is 5.75 Å². The SMILES string of the molecule is O=C(Oc1ccc([N+](=O)[O-])cc1)OC(CN(CC1C2CCC=CCCC21)C(=O)O)CN(CC1C2CCC=CCCC21)C(=O)O. The molecule has 0 radical (unpaired) electrons. The van der Waals surface area contributed by atoms with Gasteiger partial charge >= 0.3 is 18.3 Å². The Morgan fingerprint density at radius 3 is 1.55 bits per heavy atom. The molecule has 238 valence electrons. The highest BCUT2D eigenvalue weighted by molar-refractivity contribution is 5.67. The van der Waals surface area contributed by atoms with E-state index in [0.717, 1.165) is 51.4 Å². The van der Waals surface area contributed by atoms with Crippen LogP contribution in [0.1, 0.15) is 51.4 Å². The smallest absolute Gasteiger partial charge is 0.465 e. The molecule has 44 heavy (non-hydrogen) atoms. The molecule has 0 aromatic heterocycles. The predicted molar refractivity (Wildman–Crippen MR) is 159 cm³/mol. The van der Waals surface area contributed by atoms with Crippen LogP contribution in [0.25, 0.3) is 0 Å². The molecule has 0 heterocycles. The van der Waals surface area contributed by atoms with Crippen LogP contribution in [0, 0.1) is 45.6 Å². The van der Waals surface area contributed by atoms with Gasteiger partial charge in [-0.05, 0) is 99.0 Å². The van der Waals surface area contributed by atoms with E-state index >= 15 is 0 Å². The van der Waals surface area contributed by atoms with Crippen LogP contribution in [0.15, 0.2) is 48.6 Å². The van der Waals surface area contributed by atoms with Gasteiger partial charge in [-0.15, -0.1) is 0 Å². The molecule has 0 spiro atoms. The van der Waals surface area contributed by atoms with Crippen molar-refractivity contribution in [2.45, 2.75) is 57.5 Å². The molecule has 0 aliphatic heterocycles. The lowest BCUT2D eigenvalue weighted by Crippen LogP contribution is -2.47. The number of nitro benzene ring substituents is 1. The first-order chi connectivity index (χ1) is 21.2. The van der Waals surface area contributed by atoms with Gasteiger partial charge in [-0.25, -0.2) is 14.4 Å². The Balaban J connectivity index is 1.27. The molecule has 5 rings (SSSR count). The van der Waals surface area contributed by atoms with Crippen molar-refractivity contribution in [1.82, 2.24) is 9.80 Å². The molecule has 2 amide bonds. The minimum Gasteiger partial charge on any atom is -0.465 e. The zero-order chi connectivity index (χ0) is 31.2. The molecule has 0 saturated heterocycles. The van der Waals surface area contributed by atoms with E-state index in [9.17, 15) is 34.7 Å². The zero-order valence-electron chi connectivity index (χ0n) is 24.7. The maximum Gasteiger partial charge on any atom is 0.514 e. The summed E-state index contributed by atoms with van der Waals surface area (Å²) >= 11 is 0. The van der Waals surface area contributed by atoms with Crippen molar-refractivity contribution < 1.29 is 39.0 Å². The average Bonchev–Trinajstić information content (AvgIpc) is 3.80. The van der Waals surface area contributed by atoms with Crippen molar-refractivity contribution >= 4 is 24.0 Å². The van der Waals surface area contributed by atoms with Crippen molar-refractivity contribution in [3.05, 3.63) is 58.7 Å². The maximum absolute atomic E-state index is 12.9. The lowest BCUT2D eigenvalue weighted by atomic mass is 10.1. The van der Waals surface area contributed by atoms with Crippen LogP contribution in [0.2, 0.25) is 0 Å². The first kappa shape index (κ1) is 31.3. The number of nitrogens with zero attached hydrogens (tertiary/aromatic N) is 3. The molecule has 2 saturated carbocycles. The van der Waals surface area contributed by atoms with Crippen molar-refractivity contribution in [3.8, 4) is 5.75 Å². The standard InChI is InChI=1S/C32H41N3O9/c36-30(37)33(19-28-24-9-5-1-2-6-10-25(24)28)17-23(44-32(40)43-22-15-13-21(14-16-22)35(41)42)18-34(31(38)39)20-29-26-11-7-3-4-8-12-27(26)29/h1-4,13-16,23-29H,5-12,17-20H2,(H,36,37)(H,38,39). The molecule has 12 heteroatoms. The highest BCUT2D eigenvalue weighted by Crippen LogP contribution is 2.54. The second kappa shape index (κ2) is 14.1. The van der Waals surface area contributed by atoms with Gasteiger partial charge in [0.2, 0.25) is 0 Å². The number of carboxylic acid groups (broad SMARTS) is 2. The van der Waals surface area contributed by atoms with Crippen molar-refractivity contribution in [2.75, 3.05) is 26.2 Å². The number of hydrogen-bond acceptors (Lipinski definition) is 7. The first-order valence-electron chi connectivity index (χ1n) is 15.6. The van der Waals surface area contributed by atoms with Gasteiger partial charge < -0.3 is 29.5 Å². The quantitative estimate of drug-likeness (QED) is 0.0945. The van der Waals surface area contributed by atoms with Gasteiger partial charge in [0, 0.05) is 25.2 Å². The van der Waals surface area contributed by atoms with Crippen LogP contribution >= 0.6 is 0 Å². The number of fused-ring (bicyclic) bond motifs is 2. The van der Waals surface area contributed by atoms with Gasteiger partial charge in [-0.2, -0.15) is 0 Å². The molecule has 4 atom stereocenters. The Hall–Kier alpha value is -4.09. The van der Waals surface area contributed by atoms with Crippen LogP contribution in [0.3, 0.4) is 0 Å². The maximum atomic E-state index is 12.9. The van der Waals surface area contributed by atoms with E-state index in [4.69, 9.17) is 9.47 Å². The lowest BCUT2D eigenvalue weighted by Gasteiger charge is -2.29. The molecule has 4 unspecified atom stereocenters. The molecule has 1 aromatic carbocycles. The first-order valence-corrected chi connectivity index (χ1v) is 15.6. The Bertz CT molecular complexity index is 1170. The third kappa shape index (κ3) is 8.09. The fourth-order valence-corrected chi connectivity index (χ4v) is 7.42. The monoisotopic (exact) mass is 611 g/mol. The fraction of sp³-hybridized carbons (Fsp3) is 0.594. The third-order valence-electron chi connectivity index (χ3n) is 9.78. The highest BCUT2D eigenvalue weighted by Gasteiger charge is 2.51. The summed E-state index contributed by atoms with van der Waals surface area (Å²) in [5, 5.41) is 31.2. The lowest BCUT2D eigenvalue weighted by molar-refractivity contribution is -0.384. The minimum absolute atomic E-state index is 0.00937. The topological polar surface area (TPSA) is 160 Å². The average molecular weight is 612 g/mol. The number of hydrogen-bond donors (Lipinski definition) is 2. The largest absolute Gasteiger partial charge is 0.514 e. The van der Waals surface area contributed by atoms with E-state index in [-0.39, 0.29) is 49.5 Å². The number of amides is 2. The Labute approximate surface area is 256 Å². The van der Waals surface area contributed by atoms with Crippen molar-refractivity contribution in [2.24, 2.45) is 35.5 Å². The van der Waals surface area contributed by atoms with E-state index < -0.39 is 29.4 Å². The summed E-state index contributed by atoms with van der Waals surface area (Å²) < 4.78 is 10.8. The number of carbonyl (C=O) groups excluding carboxylic acids is 1. The summed E-state index contributed by atoms with van der Waals surface area (Å²) in [6.45, 7) is 0.164. The third-order valence-corrected chi connectivity index (χ3v) is 9.78. The number of carbonyl (C=O) groups is 3. The molecule has 1 aromatic rings. The Kier molecular flexibility index (Phi) is 10.1. The molecule has 0 bridgehead atoms. The highest BCUT2D eigenvalue weighted by atomic mass is 16.7. The van der Waals surface area contributed by atoms with Gasteiger partial charge in [-0.3, -0.25) is 10.1 Å². The molecular weight excluding hydrogens is 570 g/mol. The van der Waals surface area contributed by atoms with Crippen LogP contribution in [0.4, 0.5) is 20.1 Å². The van der Waals surface area contributed by atoms with Gasteiger partial charge in [0.15, 0.2) is 0 Å². The van der Waals surface area contributed by atoms with E-state index in [2.05, 4.69) is 24.3 Å². The summed E-state index contributed by atoms with van der Waals surface area (Å²) in [6.07, 6.45) is 12.0. The summed E-state index contributed by atoms with van der Waals surface area (Å²) in [5.41, 5.74) is -0.177. The summed E-state index contributed by atoms with van der Waals surface area (Å²) in [5.74, 6) is 2.23. The zero-order valence-corrected chi connectivity index (χ0v) is 24.7. The Morgan fingerprint density at radius 2 is 1.18 bits per heavy atom. The minimum atomic E-state index is -1.16. The van der Waals surface area contributed by atoms with Crippen molar-refractivity contribution in [1.29, 1.82) is 0 Å². The molecule has 12 nitrogen and oxygen atoms in total. The van der Waals surface area contributed by atoms with Crippen molar-refractivity contribution in [3.63, 3.8) is 0 Å². The predicted octanol–water partition coefficient (Wildman–Crippen LogP) is 6.42. The number of ether oxygens (including phenoxy) is 2. The number of rotatable bonds is 11. The van der Waals surface area contributed by atoms with Crippen LogP contribution in [-0.2, 0) is 4.74 Å². The Morgan fingerprint density at radius 1 is 0.773 bits per heavy atom. The molecule has 4 aliphatic rings. The summed E-state index contributed by atoms with van der Waals surface area (Å²) in [6, 6.07) is 4.88. The second-order valence-electron chi connectivity index (χ2n) is 12.5. The van der Waals surface area contributed by atoms with E-state index in [1.165, 1.54) is 34.1 Å². The van der Waals surface area contributed by atoms with Gasteiger partial charge in [0.25, 0.3) is 5.69 Å². The van der Waals surface area contributed by atoms with E-state index in [1.54, 1.807) is 0 Å². The summed E-state index contributed by atoms with van der Waals surface area (Å²) in [7, 11) is 0. The molecule has 2 fully saturated rings. The van der Waals surface area contributed by atoms with Crippen LogP contribution in [-0.4, -0.2) is 75.6 Å². The van der Waals surface area contributed by atoms with Gasteiger partial charge in [0.05, 0.1) is 18.0 Å². The van der Waals surface area contributed by atoms with Gasteiger partial charge in [-0.1, -0.05) is 24.3 Å².